The molecule has 0 saturated carbocycles. The number of rotatable bonds is 7. The maximum absolute atomic E-state index is 12.6. The van der Waals surface area contributed by atoms with Crippen LogP contribution in [0.4, 0.5) is 5.69 Å². The Morgan fingerprint density at radius 1 is 0.969 bits per heavy atom. The van der Waals surface area contributed by atoms with Crippen LogP contribution in [0, 0.1) is 0 Å². The average Bonchev–Trinajstić information content (AvgIpc) is 3.45. The Bertz CT molecular complexity index is 1220. The van der Waals surface area contributed by atoms with Crippen LogP contribution >= 0.6 is 11.8 Å². The Morgan fingerprint density at radius 2 is 1.78 bits per heavy atom. The van der Waals surface area contributed by atoms with Crippen LogP contribution in [0.25, 0.3) is 11.4 Å². The molecule has 0 spiro atoms. The van der Waals surface area contributed by atoms with Crippen LogP contribution in [0.15, 0.2) is 78.2 Å². The monoisotopic (exact) mass is 441 g/mol. The summed E-state index contributed by atoms with van der Waals surface area (Å²) in [6, 6.07) is 20.2. The van der Waals surface area contributed by atoms with Crippen LogP contribution in [0.1, 0.15) is 23.1 Å². The summed E-state index contributed by atoms with van der Waals surface area (Å²) in [6.45, 7) is 0.625. The number of carbonyl (C=O) groups is 1. The van der Waals surface area contributed by atoms with Crippen molar-refractivity contribution in [2.75, 3.05) is 11.1 Å². The Morgan fingerprint density at radius 3 is 2.62 bits per heavy atom. The number of nitrogens with one attached hydrogen (secondary N) is 1. The predicted molar refractivity (Wildman–Crippen MR) is 127 cm³/mol. The lowest BCUT2D eigenvalue weighted by molar-refractivity contribution is -0.113. The van der Waals surface area contributed by atoms with Gasteiger partial charge in [-0.1, -0.05) is 48.2 Å². The standard InChI is InChI=1S/C25H23N5OS/c31-23(27-22-10-9-19-7-4-8-21(19)15-22)17-32-25-29-28-24(20-11-13-26-14-12-20)30(25)16-18-5-2-1-3-6-18/h1-3,5-6,9-15H,4,7-8,16-17H2,(H,27,31). The van der Waals surface area contributed by atoms with Crippen LogP contribution in [0.3, 0.4) is 0 Å². The number of pyridine rings is 1. The number of aryl methyl sites for hydroxylation is 2. The molecule has 0 aliphatic heterocycles. The quantitative estimate of drug-likeness (QED) is 0.424. The molecule has 0 unspecified atom stereocenters. The number of benzene rings is 2. The second-order valence-corrected chi connectivity index (χ2v) is 8.73. The Hall–Kier alpha value is -3.45. The highest BCUT2D eigenvalue weighted by Crippen LogP contribution is 2.27. The van der Waals surface area contributed by atoms with Gasteiger partial charge in [-0.25, -0.2) is 0 Å². The van der Waals surface area contributed by atoms with E-state index in [2.05, 4.69) is 49.3 Å². The highest BCUT2D eigenvalue weighted by molar-refractivity contribution is 7.99. The van der Waals surface area contributed by atoms with Gasteiger partial charge >= 0.3 is 0 Å². The van der Waals surface area contributed by atoms with Crippen LogP contribution in [-0.4, -0.2) is 31.4 Å². The van der Waals surface area contributed by atoms with Gasteiger partial charge in [-0.3, -0.25) is 14.3 Å². The second kappa shape index (κ2) is 9.36. The molecule has 0 saturated heterocycles. The minimum Gasteiger partial charge on any atom is -0.325 e. The van der Waals surface area contributed by atoms with Crippen LogP contribution in [0.2, 0.25) is 0 Å². The van der Waals surface area contributed by atoms with Gasteiger partial charge in [0.2, 0.25) is 5.91 Å². The summed E-state index contributed by atoms with van der Waals surface area (Å²) in [4.78, 5) is 16.7. The van der Waals surface area contributed by atoms with Crippen molar-refractivity contribution in [1.29, 1.82) is 0 Å². The van der Waals surface area contributed by atoms with Gasteiger partial charge in [0.1, 0.15) is 0 Å². The molecule has 2 heterocycles. The first-order valence-electron chi connectivity index (χ1n) is 10.7. The van der Waals surface area contributed by atoms with Crippen molar-refractivity contribution in [1.82, 2.24) is 19.7 Å². The molecular weight excluding hydrogens is 418 g/mol. The Balaban J connectivity index is 1.32. The molecule has 0 bridgehead atoms. The number of amides is 1. The van der Waals surface area contributed by atoms with E-state index in [1.54, 1.807) is 12.4 Å². The van der Waals surface area contributed by atoms with Gasteiger partial charge < -0.3 is 5.32 Å². The van der Waals surface area contributed by atoms with E-state index >= 15 is 0 Å². The average molecular weight is 442 g/mol. The summed E-state index contributed by atoms with van der Waals surface area (Å²) in [7, 11) is 0. The SMILES string of the molecule is O=C(CSc1nnc(-c2ccncc2)n1Cc1ccccc1)Nc1ccc2c(c1)CCC2. The third kappa shape index (κ3) is 4.57. The van der Waals surface area contributed by atoms with E-state index in [4.69, 9.17) is 0 Å². The molecule has 1 aliphatic rings. The number of anilines is 1. The van der Waals surface area contributed by atoms with Gasteiger partial charge in [-0.05, 0) is 60.2 Å². The summed E-state index contributed by atoms with van der Waals surface area (Å²) in [6.07, 6.45) is 6.91. The van der Waals surface area contributed by atoms with Gasteiger partial charge in [0.15, 0.2) is 11.0 Å². The molecule has 4 aromatic rings. The summed E-state index contributed by atoms with van der Waals surface area (Å²) < 4.78 is 2.05. The topological polar surface area (TPSA) is 72.7 Å². The molecule has 5 rings (SSSR count). The van der Waals surface area contributed by atoms with E-state index in [1.807, 2.05) is 36.4 Å². The number of fused-ring (bicyclic) bond motifs is 1. The van der Waals surface area contributed by atoms with E-state index in [-0.39, 0.29) is 11.7 Å². The van der Waals surface area contributed by atoms with Crippen LogP contribution in [-0.2, 0) is 24.2 Å². The number of hydrogen-bond donors (Lipinski definition) is 1. The van der Waals surface area contributed by atoms with E-state index < -0.39 is 0 Å². The van der Waals surface area contributed by atoms with E-state index in [1.165, 1.54) is 29.3 Å². The summed E-state index contributed by atoms with van der Waals surface area (Å²) in [5, 5.41) is 12.5. The minimum absolute atomic E-state index is 0.0485. The molecule has 0 radical (unpaired) electrons. The van der Waals surface area contributed by atoms with Gasteiger partial charge in [-0.15, -0.1) is 10.2 Å². The highest BCUT2D eigenvalue weighted by Gasteiger charge is 2.17. The molecule has 32 heavy (non-hydrogen) atoms. The fraction of sp³-hybridized carbons (Fsp3) is 0.200. The van der Waals surface area contributed by atoms with Crippen LogP contribution < -0.4 is 5.32 Å². The van der Waals surface area contributed by atoms with Crippen molar-refractivity contribution >= 4 is 23.4 Å². The van der Waals surface area contributed by atoms with Gasteiger partial charge in [0, 0.05) is 23.6 Å². The van der Waals surface area contributed by atoms with E-state index in [0.717, 1.165) is 35.5 Å². The smallest absolute Gasteiger partial charge is 0.234 e. The lowest BCUT2D eigenvalue weighted by Gasteiger charge is -2.11. The fourth-order valence-electron chi connectivity index (χ4n) is 4.00. The second-order valence-electron chi connectivity index (χ2n) is 7.79. The largest absolute Gasteiger partial charge is 0.325 e. The van der Waals surface area contributed by atoms with Gasteiger partial charge in [0.05, 0.1) is 12.3 Å². The zero-order chi connectivity index (χ0) is 21.8. The number of thioether (sulfide) groups is 1. The minimum atomic E-state index is -0.0485. The van der Waals surface area contributed by atoms with Gasteiger partial charge in [0.25, 0.3) is 0 Å². The van der Waals surface area contributed by atoms with Crippen molar-refractivity contribution in [3.63, 3.8) is 0 Å². The van der Waals surface area contributed by atoms with Crippen molar-refractivity contribution in [3.05, 3.63) is 89.7 Å². The predicted octanol–water partition coefficient (Wildman–Crippen LogP) is 4.61. The van der Waals surface area contributed by atoms with Crippen molar-refractivity contribution < 1.29 is 4.79 Å². The number of hydrogen-bond acceptors (Lipinski definition) is 5. The van der Waals surface area contributed by atoms with Crippen molar-refractivity contribution in [2.24, 2.45) is 0 Å². The molecule has 2 aromatic carbocycles. The molecule has 1 N–H and O–H groups in total. The fourth-order valence-corrected chi connectivity index (χ4v) is 4.73. The van der Waals surface area contributed by atoms with Gasteiger partial charge in [-0.2, -0.15) is 0 Å². The third-order valence-corrected chi connectivity index (χ3v) is 6.52. The molecular formula is C25H23N5OS. The molecule has 7 heteroatoms. The summed E-state index contributed by atoms with van der Waals surface area (Å²) in [5.41, 5.74) is 5.69. The normalized spacial score (nSPS) is 12.5. The first-order chi connectivity index (χ1) is 15.8. The molecule has 1 amide bonds. The Kier molecular flexibility index (Phi) is 5.98. The van der Waals surface area contributed by atoms with Crippen LogP contribution in [0.5, 0.6) is 0 Å². The summed E-state index contributed by atoms with van der Waals surface area (Å²) >= 11 is 1.40. The number of nitrogens with zero attached hydrogens (tertiary/aromatic N) is 4. The molecule has 0 atom stereocenters. The van der Waals surface area contributed by atoms with E-state index in [0.29, 0.717) is 11.7 Å². The summed E-state index contributed by atoms with van der Waals surface area (Å²) in [5.74, 6) is 0.978. The first-order valence-corrected chi connectivity index (χ1v) is 11.7. The lowest BCUT2D eigenvalue weighted by Crippen LogP contribution is -2.15. The van der Waals surface area contributed by atoms with E-state index in [9.17, 15) is 4.79 Å². The lowest BCUT2D eigenvalue weighted by atomic mass is 10.1. The third-order valence-electron chi connectivity index (χ3n) is 5.55. The number of carbonyl (C=O) groups excluding carboxylic acids is 1. The molecule has 1 aliphatic carbocycles. The molecule has 6 nitrogen and oxygen atoms in total. The van der Waals surface area contributed by atoms with Crippen molar-refractivity contribution in [3.8, 4) is 11.4 Å². The molecule has 0 fully saturated rings. The maximum atomic E-state index is 12.6. The zero-order valence-electron chi connectivity index (χ0n) is 17.6. The molecule has 160 valence electrons. The highest BCUT2D eigenvalue weighted by atomic mass is 32.2. The maximum Gasteiger partial charge on any atom is 0.234 e. The van der Waals surface area contributed by atoms with Crippen molar-refractivity contribution in [2.45, 2.75) is 31.0 Å². The Labute approximate surface area is 191 Å². The number of aromatic nitrogens is 4. The first kappa shape index (κ1) is 20.5. The zero-order valence-corrected chi connectivity index (χ0v) is 18.4. The molecule has 2 aromatic heterocycles.